The van der Waals surface area contributed by atoms with Crippen molar-refractivity contribution in [2.45, 2.75) is 13.0 Å². The Morgan fingerprint density at radius 2 is 2.31 bits per heavy atom. The van der Waals surface area contributed by atoms with E-state index in [1.807, 2.05) is 17.8 Å². The van der Waals surface area contributed by atoms with Crippen LogP contribution in [0.3, 0.4) is 0 Å². The molecule has 0 saturated heterocycles. The lowest BCUT2D eigenvalue weighted by Gasteiger charge is -2.12. The third-order valence-electron chi connectivity index (χ3n) is 2.24. The highest BCUT2D eigenvalue weighted by atomic mass is 79.9. The van der Waals surface area contributed by atoms with E-state index in [1.54, 1.807) is 4.90 Å². The lowest BCUT2D eigenvalue weighted by atomic mass is 10.4. The highest BCUT2D eigenvalue weighted by Gasteiger charge is 2.18. The lowest BCUT2D eigenvalue weighted by Crippen LogP contribution is -2.28. The number of amides is 1. The third-order valence-corrected chi connectivity index (χ3v) is 2.62. The summed E-state index contributed by atoms with van der Waals surface area (Å²) in [7, 11) is 1.82. The van der Waals surface area contributed by atoms with Gasteiger partial charge in [-0.15, -0.1) is 0 Å². The minimum Gasteiger partial charge on any atom is -0.344 e. The third kappa shape index (κ3) is 1.60. The Kier molecular flexibility index (Phi) is 2.11. The van der Waals surface area contributed by atoms with Gasteiger partial charge in [-0.2, -0.15) is 0 Å². The molecule has 0 aliphatic carbocycles. The maximum Gasteiger partial charge on any atom is 0.229 e. The maximum atomic E-state index is 11.4. The van der Waals surface area contributed by atoms with Crippen molar-refractivity contribution >= 4 is 21.8 Å². The largest absolute Gasteiger partial charge is 0.344 e. The van der Waals surface area contributed by atoms with Gasteiger partial charge in [0.1, 0.15) is 10.4 Å². The molecule has 13 heavy (non-hydrogen) atoms. The first kappa shape index (κ1) is 8.74. The molecule has 70 valence electrons. The number of aromatic nitrogens is 2. The number of rotatable bonds is 0. The van der Waals surface area contributed by atoms with Crippen molar-refractivity contribution in [2.24, 2.45) is 0 Å². The first-order valence-corrected chi connectivity index (χ1v) is 4.91. The molecular formula is C8H10BrN3O. The second-order valence-electron chi connectivity index (χ2n) is 3.17. The Hall–Kier alpha value is -0.840. The fraction of sp³-hybridized carbons (Fsp3) is 0.500. The summed E-state index contributed by atoms with van der Waals surface area (Å²) >= 11 is 3.30. The molecule has 0 N–H and O–H groups in total. The summed E-state index contributed by atoms with van der Waals surface area (Å²) in [5, 5.41) is 0. The van der Waals surface area contributed by atoms with Crippen LogP contribution in [0.1, 0.15) is 5.82 Å². The van der Waals surface area contributed by atoms with E-state index in [9.17, 15) is 4.79 Å². The van der Waals surface area contributed by atoms with Crippen LogP contribution in [0.4, 0.5) is 0 Å². The van der Waals surface area contributed by atoms with Crippen LogP contribution in [-0.4, -0.2) is 34.0 Å². The number of carbonyl (C=O) groups is 1. The second-order valence-corrected chi connectivity index (χ2v) is 3.98. The van der Waals surface area contributed by atoms with Gasteiger partial charge >= 0.3 is 0 Å². The van der Waals surface area contributed by atoms with Crippen LogP contribution in [0.25, 0.3) is 0 Å². The van der Waals surface area contributed by atoms with Crippen LogP contribution in [0.15, 0.2) is 10.8 Å². The summed E-state index contributed by atoms with van der Waals surface area (Å²) in [6.45, 7) is 1.59. The Morgan fingerprint density at radius 1 is 1.54 bits per heavy atom. The summed E-state index contributed by atoms with van der Waals surface area (Å²) in [5.74, 6) is 0.984. The van der Waals surface area contributed by atoms with Gasteiger partial charge in [0.2, 0.25) is 5.91 Å². The van der Waals surface area contributed by atoms with E-state index in [-0.39, 0.29) is 5.91 Å². The topological polar surface area (TPSA) is 38.1 Å². The predicted molar refractivity (Wildman–Crippen MR) is 51.3 cm³/mol. The Morgan fingerprint density at radius 3 is 3.08 bits per heavy atom. The monoisotopic (exact) mass is 243 g/mol. The quantitative estimate of drug-likeness (QED) is 0.672. The summed E-state index contributed by atoms with van der Waals surface area (Å²) < 4.78 is 2.82. The number of halogens is 1. The van der Waals surface area contributed by atoms with Crippen molar-refractivity contribution in [3.05, 3.63) is 16.6 Å². The van der Waals surface area contributed by atoms with Crippen LogP contribution in [0, 0.1) is 0 Å². The Bertz CT molecular complexity index is 347. The molecule has 5 heteroatoms. The van der Waals surface area contributed by atoms with Crippen LogP contribution in [0.2, 0.25) is 0 Å². The molecule has 2 heterocycles. The fourth-order valence-corrected chi connectivity index (χ4v) is 1.86. The Balaban J connectivity index is 2.33. The van der Waals surface area contributed by atoms with E-state index in [0.29, 0.717) is 6.42 Å². The van der Waals surface area contributed by atoms with Crippen molar-refractivity contribution in [1.29, 1.82) is 0 Å². The SMILES string of the molecule is CN1CCn2cc(Br)nc2CC1=O. The molecule has 0 aromatic carbocycles. The van der Waals surface area contributed by atoms with Gasteiger partial charge in [0.15, 0.2) is 0 Å². The molecule has 1 aromatic heterocycles. The van der Waals surface area contributed by atoms with E-state index < -0.39 is 0 Å². The lowest BCUT2D eigenvalue weighted by molar-refractivity contribution is -0.128. The molecule has 1 aliphatic heterocycles. The van der Waals surface area contributed by atoms with Crippen molar-refractivity contribution in [3.63, 3.8) is 0 Å². The maximum absolute atomic E-state index is 11.4. The molecule has 0 spiro atoms. The molecule has 2 rings (SSSR count). The number of hydrogen-bond donors (Lipinski definition) is 0. The molecule has 4 nitrogen and oxygen atoms in total. The normalized spacial score (nSPS) is 17.1. The summed E-state index contributed by atoms with van der Waals surface area (Å²) in [5.41, 5.74) is 0. The molecule has 0 fully saturated rings. The minimum absolute atomic E-state index is 0.136. The number of imidazole rings is 1. The zero-order chi connectivity index (χ0) is 9.42. The van der Waals surface area contributed by atoms with Crippen LogP contribution in [-0.2, 0) is 17.8 Å². The van der Waals surface area contributed by atoms with E-state index in [2.05, 4.69) is 20.9 Å². The molecule has 0 saturated carbocycles. The number of likely N-dealkylation sites (N-methyl/N-ethyl adjacent to an activating group) is 1. The first-order chi connectivity index (χ1) is 6.16. The van der Waals surface area contributed by atoms with Gasteiger partial charge in [0, 0.05) is 26.3 Å². The average molecular weight is 244 g/mol. The van der Waals surface area contributed by atoms with E-state index in [1.165, 1.54) is 0 Å². The first-order valence-electron chi connectivity index (χ1n) is 4.12. The van der Waals surface area contributed by atoms with Crippen molar-refractivity contribution in [1.82, 2.24) is 14.5 Å². The van der Waals surface area contributed by atoms with Crippen LogP contribution < -0.4 is 0 Å². The fourth-order valence-electron chi connectivity index (χ4n) is 1.41. The summed E-state index contributed by atoms with van der Waals surface area (Å²) in [6.07, 6.45) is 2.32. The highest BCUT2D eigenvalue weighted by molar-refractivity contribution is 9.10. The molecule has 0 unspecified atom stereocenters. The van der Waals surface area contributed by atoms with Crippen molar-refractivity contribution in [2.75, 3.05) is 13.6 Å². The van der Waals surface area contributed by atoms with Crippen LogP contribution >= 0.6 is 15.9 Å². The van der Waals surface area contributed by atoms with Gasteiger partial charge in [-0.3, -0.25) is 4.79 Å². The van der Waals surface area contributed by atoms with Gasteiger partial charge in [-0.05, 0) is 15.9 Å². The average Bonchev–Trinajstić information content (AvgIpc) is 2.36. The molecule has 1 amide bonds. The molecule has 0 atom stereocenters. The zero-order valence-corrected chi connectivity index (χ0v) is 8.91. The van der Waals surface area contributed by atoms with Gasteiger partial charge in [-0.1, -0.05) is 0 Å². The highest BCUT2D eigenvalue weighted by Crippen LogP contribution is 2.13. The molecular weight excluding hydrogens is 234 g/mol. The number of carbonyl (C=O) groups excluding carboxylic acids is 1. The number of hydrogen-bond acceptors (Lipinski definition) is 2. The molecule has 1 aromatic rings. The van der Waals surface area contributed by atoms with Gasteiger partial charge in [0.25, 0.3) is 0 Å². The van der Waals surface area contributed by atoms with Gasteiger partial charge in [-0.25, -0.2) is 4.98 Å². The Labute approximate surface area is 84.7 Å². The van der Waals surface area contributed by atoms with E-state index >= 15 is 0 Å². The van der Waals surface area contributed by atoms with E-state index in [4.69, 9.17) is 0 Å². The summed E-state index contributed by atoms with van der Waals surface area (Å²) in [4.78, 5) is 17.4. The molecule has 0 bridgehead atoms. The number of nitrogens with zero attached hydrogens (tertiary/aromatic N) is 3. The number of fused-ring (bicyclic) bond motifs is 1. The predicted octanol–water partition coefficient (Wildman–Crippen LogP) is 0.660. The van der Waals surface area contributed by atoms with E-state index in [0.717, 1.165) is 23.5 Å². The zero-order valence-electron chi connectivity index (χ0n) is 7.33. The molecule has 1 aliphatic rings. The standard InChI is InChI=1S/C8H10BrN3O/c1-11-2-3-12-5-6(9)10-7(12)4-8(11)13/h5H,2-4H2,1H3. The minimum atomic E-state index is 0.136. The van der Waals surface area contributed by atoms with Crippen molar-refractivity contribution < 1.29 is 4.79 Å². The van der Waals surface area contributed by atoms with Gasteiger partial charge in [0.05, 0.1) is 6.42 Å². The second kappa shape index (κ2) is 3.14. The summed E-state index contributed by atoms with van der Waals surface area (Å²) in [6, 6.07) is 0. The van der Waals surface area contributed by atoms with Gasteiger partial charge < -0.3 is 9.47 Å². The van der Waals surface area contributed by atoms with Crippen molar-refractivity contribution in [3.8, 4) is 0 Å². The smallest absolute Gasteiger partial charge is 0.229 e. The van der Waals surface area contributed by atoms with Crippen LogP contribution in [0.5, 0.6) is 0 Å². The molecule has 0 radical (unpaired) electrons.